The van der Waals surface area contributed by atoms with Gasteiger partial charge in [0.05, 0.1) is 6.54 Å². The fraction of sp³-hybridized carbons (Fsp3) is 0.364. The normalized spacial score (nSPS) is 16.5. The molecule has 0 radical (unpaired) electrons. The highest BCUT2D eigenvalue weighted by Gasteiger charge is 2.24. The number of ether oxygens (including phenoxy) is 1. The Labute approximate surface area is 154 Å². The smallest absolute Gasteiger partial charge is 0.222 e. The fourth-order valence-electron chi connectivity index (χ4n) is 3.22. The van der Waals surface area contributed by atoms with E-state index < -0.39 is 0 Å². The van der Waals surface area contributed by atoms with E-state index in [-0.39, 0.29) is 23.7 Å². The standard InChI is InChI=1S/C22H25NO3/c1-4-14(2)22(25)23-13-18-12-17-11-16(9-10-21(17)26-18)20-8-6-5-7-19(20)15(3)24/h5-11,14,18H,4,12-13H2,1-3H3,(H,23,25). The lowest BCUT2D eigenvalue weighted by molar-refractivity contribution is -0.124. The minimum atomic E-state index is -0.0451. The Bertz CT molecular complexity index is 828. The number of fused-ring (bicyclic) bond motifs is 1. The van der Waals surface area contributed by atoms with Gasteiger partial charge in [0.2, 0.25) is 5.91 Å². The van der Waals surface area contributed by atoms with Gasteiger partial charge in [0, 0.05) is 17.9 Å². The number of ketones is 1. The molecule has 1 heterocycles. The number of benzene rings is 2. The van der Waals surface area contributed by atoms with Gasteiger partial charge in [-0.15, -0.1) is 0 Å². The largest absolute Gasteiger partial charge is 0.488 e. The van der Waals surface area contributed by atoms with Crippen LogP contribution >= 0.6 is 0 Å². The van der Waals surface area contributed by atoms with Crippen molar-refractivity contribution in [1.29, 1.82) is 0 Å². The average molecular weight is 351 g/mol. The second-order valence-electron chi connectivity index (χ2n) is 6.92. The van der Waals surface area contributed by atoms with Crippen molar-refractivity contribution < 1.29 is 14.3 Å². The number of hydrogen-bond donors (Lipinski definition) is 1. The Morgan fingerprint density at radius 3 is 2.73 bits per heavy atom. The zero-order valence-corrected chi connectivity index (χ0v) is 15.5. The molecule has 136 valence electrons. The maximum absolute atomic E-state index is 11.9. The number of nitrogens with one attached hydrogen (secondary N) is 1. The van der Waals surface area contributed by atoms with E-state index in [0.29, 0.717) is 6.54 Å². The zero-order chi connectivity index (χ0) is 18.7. The summed E-state index contributed by atoms with van der Waals surface area (Å²) in [6.45, 7) is 6.04. The molecular formula is C22H25NO3. The van der Waals surface area contributed by atoms with Crippen LogP contribution in [0, 0.1) is 5.92 Å². The Kier molecular flexibility index (Phi) is 5.40. The van der Waals surface area contributed by atoms with E-state index in [9.17, 15) is 9.59 Å². The zero-order valence-electron chi connectivity index (χ0n) is 15.5. The molecule has 26 heavy (non-hydrogen) atoms. The van der Waals surface area contributed by atoms with Crippen molar-refractivity contribution in [2.75, 3.05) is 6.54 Å². The van der Waals surface area contributed by atoms with Gasteiger partial charge in [0.25, 0.3) is 0 Å². The molecule has 0 saturated carbocycles. The summed E-state index contributed by atoms with van der Waals surface area (Å²) in [4.78, 5) is 23.8. The van der Waals surface area contributed by atoms with E-state index in [0.717, 1.165) is 40.8 Å². The summed E-state index contributed by atoms with van der Waals surface area (Å²) in [6, 6.07) is 13.7. The van der Waals surface area contributed by atoms with E-state index in [1.54, 1.807) is 6.92 Å². The Hall–Kier alpha value is -2.62. The topological polar surface area (TPSA) is 55.4 Å². The van der Waals surface area contributed by atoms with Gasteiger partial charge in [-0.1, -0.05) is 44.2 Å². The predicted octanol–water partition coefficient (Wildman–Crippen LogP) is 4.02. The van der Waals surface area contributed by atoms with Crippen LogP contribution in [0.5, 0.6) is 5.75 Å². The van der Waals surface area contributed by atoms with Gasteiger partial charge >= 0.3 is 0 Å². The molecule has 2 unspecified atom stereocenters. The molecule has 4 nitrogen and oxygen atoms in total. The van der Waals surface area contributed by atoms with Gasteiger partial charge in [-0.2, -0.15) is 0 Å². The molecule has 3 rings (SSSR count). The quantitative estimate of drug-likeness (QED) is 0.800. The molecular weight excluding hydrogens is 326 g/mol. The maximum atomic E-state index is 11.9. The highest BCUT2D eigenvalue weighted by atomic mass is 16.5. The summed E-state index contributed by atoms with van der Waals surface area (Å²) < 4.78 is 5.96. The second kappa shape index (κ2) is 7.73. The van der Waals surface area contributed by atoms with Crippen LogP contribution in [0.25, 0.3) is 11.1 Å². The van der Waals surface area contributed by atoms with Crippen LogP contribution in [0.1, 0.15) is 43.1 Å². The van der Waals surface area contributed by atoms with Crippen molar-refractivity contribution >= 4 is 11.7 Å². The first-order valence-corrected chi connectivity index (χ1v) is 9.17. The van der Waals surface area contributed by atoms with E-state index in [1.807, 2.05) is 50.2 Å². The molecule has 0 aromatic heterocycles. The van der Waals surface area contributed by atoms with Crippen LogP contribution in [0.4, 0.5) is 0 Å². The highest BCUT2D eigenvalue weighted by Crippen LogP contribution is 2.34. The van der Waals surface area contributed by atoms with Crippen molar-refractivity contribution in [3.63, 3.8) is 0 Å². The van der Waals surface area contributed by atoms with Gasteiger partial charge < -0.3 is 10.1 Å². The van der Waals surface area contributed by atoms with Gasteiger partial charge in [0.1, 0.15) is 11.9 Å². The van der Waals surface area contributed by atoms with Crippen molar-refractivity contribution in [1.82, 2.24) is 5.32 Å². The number of carbonyl (C=O) groups excluding carboxylic acids is 2. The number of amides is 1. The number of Topliss-reactive ketones (excluding diaryl/α,β-unsaturated/α-hetero) is 1. The van der Waals surface area contributed by atoms with Crippen LogP contribution in [0.3, 0.4) is 0 Å². The van der Waals surface area contributed by atoms with E-state index >= 15 is 0 Å². The molecule has 0 aliphatic carbocycles. The van der Waals surface area contributed by atoms with Gasteiger partial charge in [-0.05, 0) is 42.2 Å². The molecule has 0 spiro atoms. The molecule has 1 N–H and O–H groups in total. The summed E-state index contributed by atoms with van der Waals surface area (Å²) in [7, 11) is 0. The summed E-state index contributed by atoms with van der Waals surface area (Å²) in [5.41, 5.74) is 3.80. The van der Waals surface area contributed by atoms with E-state index in [4.69, 9.17) is 4.74 Å². The minimum absolute atomic E-state index is 0.0217. The number of rotatable bonds is 6. The molecule has 2 aromatic rings. The first-order chi connectivity index (χ1) is 12.5. The molecule has 2 atom stereocenters. The number of carbonyl (C=O) groups is 2. The molecule has 0 bridgehead atoms. The maximum Gasteiger partial charge on any atom is 0.222 e. The first kappa shape index (κ1) is 18.2. The SMILES string of the molecule is CCC(C)C(=O)NCC1Cc2cc(-c3ccccc3C(C)=O)ccc2O1. The predicted molar refractivity (Wildman–Crippen MR) is 102 cm³/mol. The molecule has 0 saturated heterocycles. The molecule has 4 heteroatoms. The molecule has 1 aliphatic heterocycles. The molecule has 1 aliphatic rings. The van der Waals surface area contributed by atoms with Crippen LogP contribution in [-0.2, 0) is 11.2 Å². The van der Waals surface area contributed by atoms with Gasteiger partial charge in [0.15, 0.2) is 5.78 Å². The monoisotopic (exact) mass is 351 g/mol. The molecule has 0 fully saturated rings. The molecule has 1 amide bonds. The van der Waals surface area contributed by atoms with E-state index in [1.165, 1.54) is 0 Å². The second-order valence-corrected chi connectivity index (χ2v) is 6.92. The van der Waals surface area contributed by atoms with Crippen molar-refractivity contribution in [3.05, 3.63) is 53.6 Å². The third-order valence-corrected chi connectivity index (χ3v) is 4.98. The number of hydrogen-bond acceptors (Lipinski definition) is 3. The summed E-state index contributed by atoms with van der Waals surface area (Å²) in [5, 5.41) is 2.97. The Morgan fingerprint density at radius 1 is 1.23 bits per heavy atom. The summed E-state index contributed by atoms with van der Waals surface area (Å²) in [6.07, 6.45) is 1.54. The lowest BCUT2D eigenvalue weighted by Crippen LogP contribution is -2.37. The third kappa shape index (κ3) is 3.79. The lowest BCUT2D eigenvalue weighted by atomic mass is 9.95. The third-order valence-electron chi connectivity index (χ3n) is 4.98. The minimum Gasteiger partial charge on any atom is -0.488 e. The van der Waals surface area contributed by atoms with Gasteiger partial charge in [-0.25, -0.2) is 0 Å². The highest BCUT2D eigenvalue weighted by molar-refractivity contribution is 6.00. The van der Waals surface area contributed by atoms with Crippen LogP contribution in [-0.4, -0.2) is 24.3 Å². The van der Waals surface area contributed by atoms with Gasteiger partial charge in [-0.3, -0.25) is 9.59 Å². The summed E-state index contributed by atoms with van der Waals surface area (Å²) in [5.74, 6) is 1.01. The van der Waals surface area contributed by atoms with Crippen LogP contribution in [0.15, 0.2) is 42.5 Å². The van der Waals surface area contributed by atoms with Crippen molar-refractivity contribution in [2.45, 2.75) is 39.7 Å². The Morgan fingerprint density at radius 2 is 2.00 bits per heavy atom. The molecule has 2 aromatic carbocycles. The van der Waals surface area contributed by atoms with E-state index in [2.05, 4.69) is 11.4 Å². The van der Waals surface area contributed by atoms with Crippen LogP contribution in [0.2, 0.25) is 0 Å². The fourth-order valence-corrected chi connectivity index (χ4v) is 3.22. The van der Waals surface area contributed by atoms with Crippen molar-refractivity contribution in [2.24, 2.45) is 5.92 Å². The summed E-state index contributed by atoms with van der Waals surface area (Å²) >= 11 is 0. The first-order valence-electron chi connectivity index (χ1n) is 9.17. The lowest BCUT2D eigenvalue weighted by Gasteiger charge is -2.14. The van der Waals surface area contributed by atoms with Crippen LogP contribution < -0.4 is 10.1 Å². The van der Waals surface area contributed by atoms with Crippen molar-refractivity contribution in [3.8, 4) is 16.9 Å². The average Bonchev–Trinajstić information content (AvgIpc) is 3.07. The Balaban J connectivity index is 1.73.